The first-order valence-corrected chi connectivity index (χ1v) is 12.4. The Bertz CT molecular complexity index is 1460. The SMILES string of the molecule is CC(=O)c1ccc(-c2cc3c(cc2COc2ccc(CN)cc2)-c2sccc2CCO3)c(C(=O)O)n1. The number of hydrogen-bond acceptors (Lipinski definition) is 7. The summed E-state index contributed by atoms with van der Waals surface area (Å²) in [6.45, 7) is 2.52. The minimum Gasteiger partial charge on any atom is -0.493 e. The number of ketones is 1. The molecule has 1 aliphatic rings. The topological polar surface area (TPSA) is 112 Å². The lowest BCUT2D eigenvalue weighted by atomic mass is 9.94. The Morgan fingerprint density at radius 2 is 1.89 bits per heavy atom. The first-order chi connectivity index (χ1) is 17.4. The molecule has 8 heteroatoms. The smallest absolute Gasteiger partial charge is 0.355 e. The van der Waals surface area contributed by atoms with Gasteiger partial charge in [0.25, 0.3) is 0 Å². The zero-order valence-corrected chi connectivity index (χ0v) is 20.4. The summed E-state index contributed by atoms with van der Waals surface area (Å²) in [5, 5.41) is 12.0. The minimum absolute atomic E-state index is 0.100. The van der Waals surface area contributed by atoms with Gasteiger partial charge in [-0.15, -0.1) is 11.3 Å². The molecule has 2 aromatic carbocycles. The normalized spacial score (nSPS) is 12.2. The number of nitrogens with two attached hydrogens (primary N) is 1. The number of benzene rings is 2. The number of hydrogen-bond donors (Lipinski definition) is 2. The predicted octanol–water partition coefficient (Wildman–Crippen LogP) is 5.35. The molecule has 1 aliphatic heterocycles. The van der Waals surface area contributed by atoms with E-state index in [-0.39, 0.29) is 23.8 Å². The van der Waals surface area contributed by atoms with E-state index in [1.807, 2.05) is 36.4 Å². The van der Waals surface area contributed by atoms with Gasteiger partial charge in [-0.2, -0.15) is 0 Å². The van der Waals surface area contributed by atoms with E-state index in [1.54, 1.807) is 23.5 Å². The Balaban J connectivity index is 1.64. The van der Waals surface area contributed by atoms with Crippen molar-refractivity contribution in [2.75, 3.05) is 6.61 Å². The van der Waals surface area contributed by atoms with Crippen LogP contribution in [0.1, 0.15) is 44.6 Å². The van der Waals surface area contributed by atoms with E-state index in [9.17, 15) is 14.7 Å². The van der Waals surface area contributed by atoms with Gasteiger partial charge in [0.1, 0.15) is 23.8 Å². The van der Waals surface area contributed by atoms with Crippen molar-refractivity contribution in [2.24, 2.45) is 5.73 Å². The summed E-state index contributed by atoms with van der Waals surface area (Å²) in [6.07, 6.45) is 0.789. The van der Waals surface area contributed by atoms with Gasteiger partial charge >= 0.3 is 5.97 Å². The van der Waals surface area contributed by atoms with E-state index in [0.29, 0.717) is 35.8 Å². The van der Waals surface area contributed by atoms with Crippen LogP contribution in [0.15, 0.2) is 60.0 Å². The van der Waals surface area contributed by atoms with Gasteiger partial charge in [0.2, 0.25) is 0 Å². The fraction of sp³-hybridized carbons (Fsp3) is 0.179. The second-order valence-electron chi connectivity index (χ2n) is 8.47. The highest BCUT2D eigenvalue weighted by Gasteiger charge is 2.24. The van der Waals surface area contributed by atoms with Crippen molar-refractivity contribution in [1.82, 2.24) is 4.98 Å². The Kier molecular flexibility index (Phi) is 6.54. The molecule has 36 heavy (non-hydrogen) atoms. The van der Waals surface area contributed by atoms with E-state index in [4.69, 9.17) is 15.2 Å². The number of carboxylic acids is 1. The van der Waals surface area contributed by atoms with Crippen molar-refractivity contribution >= 4 is 23.1 Å². The van der Waals surface area contributed by atoms with E-state index in [0.717, 1.165) is 28.0 Å². The van der Waals surface area contributed by atoms with Gasteiger partial charge < -0.3 is 20.3 Å². The number of nitrogens with zero attached hydrogens (tertiary/aromatic N) is 1. The number of carboxylic acid groups (broad SMARTS) is 1. The lowest BCUT2D eigenvalue weighted by Crippen LogP contribution is -2.09. The second-order valence-corrected chi connectivity index (χ2v) is 9.39. The van der Waals surface area contributed by atoms with Crippen LogP contribution in [0.3, 0.4) is 0 Å². The molecule has 0 radical (unpaired) electrons. The molecule has 182 valence electrons. The Morgan fingerprint density at radius 1 is 1.08 bits per heavy atom. The predicted molar refractivity (Wildman–Crippen MR) is 138 cm³/mol. The Hall–Kier alpha value is -4.01. The number of carbonyl (C=O) groups is 2. The molecule has 3 heterocycles. The van der Waals surface area contributed by atoms with Crippen molar-refractivity contribution in [3.05, 3.63) is 88.1 Å². The van der Waals surface area contributed by atoms with Gasteiger partial charge in [0, 0.05) is 35.9 Å². The number of carbonyl (C=O) groups excluding carboxylic acids is 1. The van der Waals surface area contributed by atoms with Gasteiger partial charge in [0.15, 0.2) is 11.5 Å². The molecule has 0 saturated carbocycles. The van der Waals surface area contributed by atoms with Crippen LogP contribution in [-0.4, -0.2) is 28.4 Å². The lowest BCUT2D eigenvalue weighted by Gasteiger charge is -2.17. The zero-order chi connectivity index (χ0) is 25.2. The maximum Gasteiger partial charge on any atom is 0.355 e. The van der Waals surface area contributed by atoms with Crippen LogP contribution in [0.5, 0.6) is 11.5 Å². The van der Waals surface area contributed by atoms with E-state index in [2.05, 4.69) is 16.4 Å². The summed E-state index contributed by atoms with van der Waals surface area (Å²) in [5.41, 5.74) is 10.6. The average molecular weight is 501 g/mol. The number of thiophene rings is 1. The van der Waals surface area contributed by atoms with Crippen LogP contribution in [0, 0.1) is 0 Å². The summed E-state index contributed by atoms with van der Waals surface area (Å²) in [6, 6.07) is 16.7. The average Bonchev–Trinajstić information content (AvgIpc) is 3.29. The summed E-state index contributed by atoms with van der Waals surface area (Å²) in [7, 11) is 0. The quantitative estimate of drug-likeness (QED) is 0.329. The Morgan fingerprint density at radius 3 is 2.61 bits per heavy atom. The van der Waals surface area contributed by atoms with Crippen LogP contribution in [0.25, 0.3) is 21.6 Å². The Labute approximate surface area is 212 Å². The van der Waals surface area contributed by atoms with Gasteiger partial charge in [-0.05, 0) is 70.1 Å². The number of aromatic nitrogens is 1. The third kappa shape index (κ3) is 4.60. The van der Waals surface area contributed by atoms with E-state index < -0.39 is 5.97 Å². The lowest BCUT2D eigenvalue weighted by molar-refractivity contribution is 0.0691. The van der Waals surface area contributed by atoms with Crippen LogP contribution >= 0.6 is 11.3 Å². The number of rotatable bonds is 7. The standard InChI is InChI=1S/C28H24N2O5S/c1-16(31)24-7-6-21(26(30-24)28(32)33)22-13-25-23(27-18(8-10-34-25)9-11-36-27)12-19(22)15-35-20-4-2-17(14-29)3-5-20/h2-7,9,11-13H,8,10,14-15,29H2,1H3,(H,32,33). The first kappa shape index (κ1) is 23.7. The molecule has 0 bridgehead atoms. The number of pyridine rings is 1. The van der Waals surface area contributed by atoms with E-state index >= 15 is 0 Å². The third-order valence-corrected chi connectivity index (χ3v) is 7.12. The molecule has 0 fully saturated rings. The van der Waals surface area contributed by atoms with Gasteiger partial charge in [-0.25, -0.2) is 9.78 Å². The van der Waals surface area contributed by atoms with Crippen LogP contribution in [0.4, 0.5) is 0 Å². The van der Waals surface area contributed by atoms with E-state index in [1.165, 1.54) is 12.5 Å². The van der Waals surface area contributed by atoms with Gasteiger partial charge in [-0.3, -0.25) is 4.79 Å². The molecule has 0 atom stereocenters. The van der Waals surface area contributed by atoms with Crippen LogP contribution in [0.2, 0.25) is 0 Å². The highest BCUT2D eigenvalue weighted by Crippen LogP contribution is 2.43. The molecule has 0 unspecified atom stereocenters. The highest BCUT2D eigenvalue weighted by molar-refractivity contribution is 7.13. The largest absolute Gasteiger partial charge is 0.493 e. The summed E-state index contributed by atoms with van der Waals surface area (Å²) in [4.78, 5) is 29.3. The van der Waals surface area contributed by atoms with Crippen molar-refractivity contribution in [2.45, 2.75) is 26.5 Å². The maximum atomic E-state index is 12.1. The molecule has 3 N–H and O–H groups in total. The second kappa shape index (κ2) is 9.93. The fourth-order valence-electron chi connectivity index (χ4n) is 4.25. The monoisotopic (exact) mass is 500 g/mol. The summed E-state index contributed by atoms with van der Waals surface area (Å²) < 4.78 is 12.2. The number of aromatic carboxylic acids is 1. The molecule has 0 amide bonds. The molecule has 2 aromatic heterocycles. The highest BCUT2D eigenvalue weighted by atomic mass is 32.1. The number of ether oxygens (including phenoxy) is 2. The van der Waals surface area contributed by atoms with Crippen molar-refractivity contribution in [3.8, 4) is 33.1 Å². The summed E-state index contributed by atoms with van der Waals surface area (Å²) >= 11 is 1.65. The van der Waals surface area contributed by atoms with Gasteiger partial charge in [-0.1, -0.05) is 12.1 Å². The first-order valence-electron chi connectivity index (χ1n) is 11.5. The zero-order valence-electron chi connectivity index (χ0n) is 19.6. The van der Waals surface area contributed by atoms with Crippen LogP contribution < -0.4 is 15.2 Å². The molecule has 0 saturated heterocycles. The van der Waals surface area contributed by atoms with Crippen molar-refractivity contribution in [1.29, 1.82) is 0 Å². The molecular weight excluding hydrogens is 476 g/mol. The van der Waals surface area contributed by atoms with Crippen LogP contribution in [-0.2, 0) is 19.6 Å². The fourth-order valence-corrected chi connectivity index (χ4v) is 5.23. The molecule has 4 aromatic rings. The molecule has 0 aliphatic carbocycles. The number of Topliss-reactive ketones (excluding diaryl/α,β-unsaturated/α-hetero) is 1. The summed E-state index contributed by atoms with van der Waals surface area (Å²) in [5.74, 6) is -0.170. The minimum atomic E-state index is -1.21. The number of fused-ring (bicyclic) bond motifs is 3. The van der Waals surface area contributed by atoms with Gasteiger partial charge in [0.05, 0.1) is 6.61 Å². The molecule has 5 rings (SSSR count). The molecular formula is C28H24N2O5S. The maximum absolute atomic E-state index is 12.1. The molecule has 0 spiro atoms. The van der Waals surface area contributed by atoms with Crippen molar-refractivity contribution in [3.63, 3.8) is 0 Å². The van der Waals surface area contributed by atoms with Crippen molar-refractivity contribution < 1.29 is 24.2 Å². The molecule has 7 nitrogen and oxygen atoms in total. The third-order valence-electron chi connectivity index (χ3n) is 6.13.